The van der Waals surface area contributed by atoms with E-state index in [1.807, 2.05) is 26.1 Å². The summed E-state index contributed by atoms with van der Waals surface area (Å²) in [5.41, 5.74) is 3.02. The number of aromatic nitrogens is 3. The van der Waals surface area contributed by atoms with Gasteiger partial charge in [0.2, 0.25) is 0 Å². The van der Waals surface area contributed by atoms with Gasteiger partial charge in [-0.05, 0) is 75.2 Å². The van der Waals surface area contributed by atoms with E-state index in [1.165, 1.54) is 17.7 Å². The molecular weight excluding hydrogens is 501 g/mol. The van der Waals surface area contributed by atoms with Crippen molar-refractivity contribution < 1.29 is 23.8 Å². The Morgan fingerprint density at radius 3 is 2.56 bits per heavy atom. The summed E-state index contributed by atoms with van der Waals surface area (Å²) in [6.07, 6.45) is 1.58. The molecule has 4 aromatic rings. The molecule has 1 aliphatic rings. The molecular formula is C30H32FN3O5. The Balaban J connectivity index is 1.91. The molecule has 2 aromatic carbocycles. The van der Waals surface area contributed by atoms with Crippen LogP contribution in [0.2, 0.25) is 0 Å². The van der Waals surface area contributed by atoms with Crippen molar-refractivity contribution in [2.45, 2.75) is 52.2 Å². The summed E-state index contributed by atoms with van der Waals surface area (Å²) < 4.78 is 30.2. The third-order valence-electron chi connectivity index (χ3n) is 7.21. The SMILES string of the molecule is Cc1c(-c2c(C(OC(C)(C)C)C(=O)O)n(C)c(=O)c3cc(-c4ccnn4C)ccc23)cc(F)c2c1CCCO2. The highest BCUT2D eigenvalue weighted by Gasteiger charge is 2.34. The lowest BCUT2D eigenvalue weighted by Crippen LogP contribution is -2.33. The quantitative estimate of drug-likeness (QED) is 0.373. The fourth-order valence-electron chi connectivity index (χ4n) is 5.44. The highest BCUT2D eigenvalue weighted by Crippen LogP contribution is 2.43. The number of benzene rings is 2. The van der Waals surface area contributed by atoms with Crippen LogP contribution in [0.25, 0.3) is 33.2 Å². The molecule has 0 amide bonds. The summed E-state index contributed by atoms with van der Waals surface area (Å²) in [5.74, 6) is -1.53. The molecule has 2 aromatic heterocycles. The summed E-state index contributed by atoms with van der Waals surface area (Å²) in [6.45, 7) is 7.58. The lowest BCUT2D eigenvalue weighted by molar-refractivity contribution is -0.161. The molecule has 204 valence electrons. The largest absolute Gasteiger partial charge is 0.490 e. The normalized spacial score (nSPS) is 14.2. The standard InChI is InChI=1S/C30H32FN3O5/c1-16-18-8-7-13-38-26(18)22(31)15-20(16)24-19-10-9-17(23-11-12-32-34(23)6)14-21(19)28(35)33(5)25(24)27(29(36)37)39-30(2,3)4/h9-12,14-15,27H,7-8,13H2,1-6H3,(H,36,37). The van der Waals surface area contributed by atoms with E-state index in [9.17, 15) is 14.7 Å². The van der Waals surface area contributed by atoms with Crippen molar-refractivity contribution in [3.05, 3.63) is 69.5 Å². The predicted octanol–water partition coefficient (Wildman–Crippen LogP) is 5.32. The van der Waals surface area contributed by atoms with Crippen molar-refractivity contribution >= 4 is 16.7 Å². The summed E-state index contributed by atoms with van der Waals surface area (Å²) in [4.78, 5) is 26.5. The maximum absolute atomic E-state index is 15.5. The molecule has 5 rings (SSSR count). The first-order valence-corrected chi connectivity index (χ1v) is 12.9. The molecule has 1 atom stereocenters. The molecule has 0 bridgehead atoms. The number of hydrogen-bond acceptors (Lipinski definition) is 5. The number of carboxylic acid groups (broad SMARTS) is 1. The molecule has 8 nitrogen and oxygen atoms in total. The van der Waals surface area contributed by atoms with Gasteiger partial charge in [-0.3, -0.25) is 9.48 Å². The molecule has 0 saturated carbocycles. The van der Waals surface area contributed by atoms with Gasteiger partial charge in [0.15, 0.2) is 17.7 Å². The minimum Gasteiger partial charge on any atom is -0.490 e. The van der Waals surface area contributed by atoms with E-state index in [4.69, 9.17) is 9.47 Å². The number of rotatable bonds is 5. The average Bonchev–Trinajstić information content (AvgIpc) is 3.32. The number of carboxylic acids is 1. The summed E-state index contributed by atoms with van der Waals surface area (Å²) in [7, 11) is 3.35. The van der Waals surface area contributed by atoms with Crippen molar-refractivity contribution in [3.8, 4) is 28.1 Å². The highest BCUT2D eigenvalue weighted by molar-refractivity contribution is 6.01. The van der Waals surface area contributed by atoms with Gasteiger partial charge in [0.05, 0.1) is 23.6 Å². The molecule has 0 spiro atoms. The van der Waals surface area contributed by atoms with Crippen LogP contribution < -0.4 is 10.3 Å². The van der Waals surface area contributed by atoms with Crippen LogP contribution in [0.1, 0.15) is 50.1 Å². The number of halogens is 1. The summed E-state index contributed by atoms with van der Waals surface area (Å²) in [6, 6.07) is 8.66. The van der Waals surface area contributed by atoms with Crippen molar-refractivity contribution in [1.82, 2.24) is 14.3 Å². The molecule has 0 aliphatic carbocycles. The van der Waals surface area contributed by atoms with Crippen LogP contribution in [-0.4, -0.2) is 37.6 Å². The number of carbonyl (C=O) groups is 1. The Morgan fingerprint density at radius 2 is 1.92 bits per heavy atom. The topological polar surface area (TPSA) is 95.6 Å². The Morgan fingerprint density at radius 1 is 1.18 bits per heavy atom. The van der Waals surface area contributed by atoms with Crippen molar-refractivity contribution in [2.24, 2.45) is 14.1 Å². The third-order valence-corrected chi connectivity index (χ3v) is 7.21. The second kappa shape index (κ2) is 9.64. The molecule has 3 heterocycles. The molecule has 1 aliphatic heterocycles. The highest BCUT2D eigenvalue weighted by atomic mass is 19.1. The van der Waals surface area contributed by atoms with E-state index in [1.54, 1.807) is 43.8 Å². The number of ether oxygens (including phenoxy) is 2. The van der Waals surface area contributed by atoms with Gasteiger partial charge in [-0.1, -0.05) is 12.1 Å². The van der Waals surface area contributed by atoms with Crippen LogP contribution >= 0.6 is 0 Å². The number of hydrogen-bond donors (Lipinski definition) is 1. The minimum absolute atomic E-state index is 0.155. The molecule has 9 heteroatoms. The fraction of sp³-hybridized carbons (Fsp3) is 0.367. The van der Waals surface area contributed by atoms with Crippen LogP contribution in [0, 0.1) is 12.7 Å². The van der Waals surface area contributed by atoms with E-state index in [-0.39, 0.29) is 17.0 Å². The second-order valence-electron chi connectivity index (χ2n) is 11.0. The zero-order chi connectivity index (χ0) is 28.2. The van der Waals surface area contributed by atoms with Crippen LogP contribution in [0.15, 0.2) is 41.3 Å². The van der Waals surface area contributed by atoms with Crippen LogP contribution in [0.4, 0.5) is 4.39 Å². The van der Waals surface area contributed by atoms with E-state index in [0.29, 0.717) is 34.9 Å². The van der Waals surface area contributed by atoms with E-state index in [2.05, 4.69) is 5.10 Å². The lowest BCUT2D eigenvalue weighted by atomic mass is 9.87. The van der Waals surface area contributed by atoms with Gasteiger partial charge in [0.1, 0.15) is 0 Å². The monoisotopic (exact) mass is 533 g/mol. The van der Waals surface area contributed by atoms with Gasteiger partial charge in [0.25, 0.3) is 5.56 Å². The Hall–Kier alpha value is -3.98. The Bertz CT molecular complexity index is 1680. The van der Waals surface area contributed by atoms with Crippen molar-refractivity contribution in [1.29, 1.82) is 0 Å². The van der Waals surface area contributed by atoms with Crippen LogP contribution in [-0.2, 0) is 30.0 Å². The summed E-state index contributed by atoms with van der Waals surface area (Å²) >= 11 is 0. The maximum atomic E-state index is 15.5. The van der Waals surface area contributed by atoms with Crippen LogP contribution in [0.3, 0.4) is 0 Å². The van der Waals surface area contributed by atoms with Gasteiger partial charge < -0.3 is 19.1 Å². The van der Waals surface area contributed by atoms with E-state index < -0.39 is 23.5 Å². The first-order chi connectivity index (χ1) is 18.4. The summed E-state index contributed by atoms with van der Waals surface area (Å²) in [5, 5.41) is 15.4. The zero-order valence-corrected chi connectivity index (χ0v) is 23.0. The number of aliphatic carboxylic acids is 1. The van der Waals surface area contributed by atoms with Gasteiger partial charge >= 0.3 is 5.97 Å². The number of fused-ring (bicyclic) bond motifs is 2. The second-order valence-corrected chi connectivity index (χ2v) is 11.0. The Kier molecular flexibility index (Phi) is 6.58. The predicted molar refractivity (Wildman–Crippen MR) is 147 cm³/mol. The first kappa shape index (κ1) is 26.6. The van der Waals surface area contributed by atoms with Crippen molar-refractivity contribution in [3.63, 3.8) is 0 Å². The maximum Gasteiger partial charge on any atom is 0.339 e. The fourth-order valence-corrected chi connectivity index (χ4v) is 5.44. The van der Waals surface area contributed by atoms with E-state index >= 15 is 4.39 Å². The molecule has 1 N–H and O–H groups in total. The van der Waals surface area contributed by atoms with Gasteiger partial charge in [-0.15, -0.1) is 0 Å². The molecule has 39 heavy (non-hydrogen) atoms. The van der Waals surface area contributed by atoms with E-state index in [0.717, 1.165) is 28.8 Å². The Labute approximate surface area is 225 Å². The molecule has 0 fully saturated rings. The molecule has 0 saturated heterocycles. The minimum atomic E-state index is -1.48. The first-order valence-electron chi connectivity index (χ1n) is 12.9. The zero-order valence-electron chi connectivity index (χ0n) is 23.0. The number of pyridine rings is 1. The molecule has 1 unspecified atom stereocenters. The number of nitrogens with zero attached hydrogens (tertiary/aromatic N) is 3. The lowest BCUT2D eigenvalue weighted by Gasteiger charge is -2.29. The third kappa shape index (κ3) is 4.61. The molecule has 0 radical (unpaired) electrons. The van der Waals surface area contributed by atoms with Gasteiger partial charge in [-0.25, -0.2) is 9.18 Å². The van der Waals surface area contributed by atoms with Gasteiger partial charge in [-0.2, -0.15) is 5.10 Å². The number of aryl methyl sites for hydroxylation is 1. The van der Waals surface area contributed by atoms with Gasteiger partial charge in [0, 0.05) is 42.4 Å². The van der Waals surface area contributed by atoms with Crippen molar-refractivity contribution in [2.75, 3.05) is 6.61 Å². The van der Waals surface area contributed by atoms with Crippen LogP contribution in [0.5, 0.6) is 5.75 Å². The average molecular weight is 534 g/mol. The smallest absolute Gasteiger partial charge is 0.339 e.